The van der Waals surface area contributed by atoms with Gasteiger partial charge in [0.1, 0.15) is 0 Å². The molecule has 21 heavy (non-hydrogen) atoms. The van der Waals surface area contributed by atoms with Crippen molar-refractivity contribution in [3.63, 3.8) is 0 Å². The lowest BCUT2D eigenvalue weighted by Crippen LogP contribution is -2.39. The second-order valence-electron chi connectivity index (χ2n) is 6.17. The van der Waals surface area contributed by atoms with Gasteiger partial charge in [0.2, 0.25) is 10.0 Å². The molecule has 1 unspecified atom stereocenters. The van der Waals surface area contributed by atoms with Crippen molar-refractivity contribution in [2.45, 2.75) is 56.1 Å². The topological polar surface area (TPSA) is 57.6 Å². The molecule has 1 N–H and O–H groups in total. The van der Waals surface area contributed by atoms with Crippen LogP contribution in [0.5, 0.6) is 0 Å². The summed E-state index contributed by atoms with van der Waals surface area (Å²) in [6.07, 6.45) is 6.77. The molecule has 1 heterocycles. The van der Waals surface area contributed by atoms with Gasteiger partial charge in [-0.05, 0) is 49.3 Å². The zero-order valence-corrected chi connectivity index (χ0v) is 13.1. The molecule has 1 atom stereocenters. The van der Waals surface area contributed by atoms with Crippen LogP contribution in [0.25, 0.3) is 0 Å². The van der Waals surface area contributed by atoms with E-state index in [1.165, 1.54) is 25.7 Å². The molecule has 3 rings (SSSR count). The van der Waals surface area contributed by atoms with Gasteiger partial charge < -0.3 is 5.11 Å². The lowest BCUT2D eigenvalue weighted by molar-refractivity contribution is 0.281. The van der Waals surface area contributed by atoms with E-state index < -0.39 is 10.0 Å². The number of aliphatic hydroxyl groups is 1. The first kappa shape index (κ1) is 15.0. The van der Waals surface area contributed by atoms with Crippen LogP contribution in [0.15, 0.2) is 29.2 Å². The van der Waals surface area contributed by atoms with E-state index in [9.17, 15) is 8.42 Å². The van der Waals surface area contributed by atoms with Crippen LogP contribution in [0.2, 0.25) is 0 Å². The molecular formula is C16H23NO3S. The van der Waals surface area contributed by atoms with Gasteiger partial charge in [-0.15, -0.1) is 0 Å². The summed E-state index contributed by atoms with van der Waals surface area (Å²) < 4.78 is 27.5. The van der Waals surface area contributed by atoms with E-state index in [-0.39, 0.29) is 12.6 Å². The molecule has 0 radical (unpaired) electrons. The Labute approximate surface area is 126 Å². The molecule has 1 aliphatic heterocycles. The van der Waals surface area contributed by atoms with Crippen LogP contribution in [0.3, 0.4) is 0 Å². The van der Waals surface area contributed by atoms with Crippen LogP contribution in [0.4, 0.5) is 0 Å². The molecule has 116 valence electrons. The molecule has 5 heteroatoms. The lowest BCUT2D eigenvalue weighted by Gasteiger charge is -2.28. The summed E-state index contributed by atoms with van der Waals surface area (Å²) in [4.78, 5) is 0.351. The van der Waals surface area contributed by atoms with Gasteiger partial charge in [0.25, 0.3) is 0 Å². The van der Waals surface area contributed by atoms with Gasteiger partial charge in [0, 0.05) is 12.6 Å². The highest BCUT2D eigenvalue weighted by Gasteiger charge is 2.40. The fourth-order valence-corrected chi connectivity index (χ4v) is 5.53. The molecule has 4 nitrogen and oxygen atoms in total. The number of hydrogen-bond donors (Lipinski definition) is 1. The average molecular weight is 309 g/mol. The third-order valence-electron chi connectivity index (χ3n) is 4.90. The Bertz CT molecular complexity index is 576. The standard InChI is InChI=1S/C16H23NO3S/c18-12-13-7-9-15(10-8-13)21(19,20)17-11-3-6-16(17)14-4-1-2-5-14/h7-10,14,16,18H,1-6,11-12H2. The predicted molar refractivity (Wildman–Crippen MR) is 81.2 cm³/mol. The van der Waals surface area contributed by atoms with Gasteiger partial charge in [-0.25, -0.2) is 8.42 Å². The minimum Gasteiger partial charge on any atom is -0.392 e. The maximum Gasteiger partial charge on any atom is 0.243 e. The van der Waals surface area contributed by atoms with Gasteiger partial charge in [-0.2, -0.15) is 4.31 Å². The molecule has 1 aromatic rings. The summed E-state index contributed by atoms with van der Waals surface area (Å²) in [5.41, 5.74) is 0.739. The van der Waals surface area contributed by atoms with Crippen LogP contribution >= 0.6 is 0 Å². The van der Waals surface area contributed by atoms with Crippen molar-refractivity contribution in [1.82, 2.24) is 4.31 Å². The third kappa shape index (κ3) is 2.87. The second kappa shape index (κ2) is 6.07. The molecule has 1 aliphatic carbocycles. The summed E-state index contributed by atoms with van der Waals surface area (Å²) in [6.45, 7) is 0.583. The number of aliphatic hydroxyl groups excluding tert-OH is 1. The fourth-order valence-electron chi connectivity index (χ4n) is 3.78. The van der Waals surface area contributed by atoms with Crippen molar-refractivity contribution in [2.24, 2.45) is 5.92 Å². The molecule has 2 fully saturated rings. The number of nitrogens with zero attached hydrogens (tertiary/aromatic N) is 1. The Balaban J connectivity index is 1.85. The van der Waals surface area contributed by atoms with Gasteiger partial charge in [0.05, 0.1) is 11.5 Å². The van der Waals surface area contributed by atoms with Crippen LogP contribution in [0, 0.1) is 5.92 Å². The SMILES string of the molecule is O=S(=O)(c1ccc(CO)cc1)N1CCCC1C1CCCC1. The average Bonchev–Trinajstić information content (AvgIpc) is 3.17. The number of benzene rings is 1. The molecular weight excluding hydrogens is 286 g/mol. The van der Waals surface area contributed by atoms with E-state index in [4.69, 9.17) is 5.11 Å². The zero-order chi connectivity index (χ0) is 14.9. The Hall–Kier alpha value is -0.910. The second-order valence-corrected chi connectivity index (χ2v) is 8.06. The van der Waals surface area contributed by atoms with Crippen molar-refractivity contribution in [2.75, 3.05) is 6.54 Å². The van der Waals surface area contributed by atoms with Gasteiger partial charge >= 0.3 is 0 Å². The largest absolute Gasteiger partial charge is 0.392 e. The third-order valence-corrected chi connectivity index (χ3v) is 6.84. The highest BCUT2D eigenvalue weighted by molar-refractivity contribution is 7.89. The molecule has 2 aliphatic rings. The first-order chi connectivity index (χ1) is 10.1. The fraction of sp³-hybridized carbons (Fsp3) is 0.625. The maximum absolute atomic E-state index is 12.9. The van der Waals surface area contributed by atoms with E-state index in [0.717, 1.165) is 18.4 Å². The predicted octanol–water partition coefficient (Wildman–Crippen LogP) is 2.52. The van der Waals surface area contributed by atoms with Crippen molar-refractivity contribution < 1.29 is 13.5 Å². The van der Waals surface area contributed by atoms with Crippen LogP contribution in [-0.4, -0.2) is 30.4 Å². The molecule has 1 saturated carbocycles. The number of sulfonamides is 1. The maximum atomic E-state index is 12.9. The molecule has 0 amide bonds. The molecule has 1 aromatic carbocycles. The number of hydrogen-bond acceptors (Lipinski definition) is 3. The lowest BCUT2D eigenvalue weighted by atomic mass is 9.97. The first-order valence-corrected chi connectivity index (χ1v) is 9.28. The summed E-state index contributed by atoms with van der Waals surface area (Å²) in [5, 5.41) is 9.07. The zero-order valence-electron chi connectivity index (χ0n) is 12.2. The normalized spacial score (nSPS) is 24.7. The van der Waals surface area contributed by atoms with Crippen LogP contribution < -0.4 is 0 Å². The number of rotatable bonds is 4. The van der Waals surface area contributed by atoms with Crippen molar-refractivity contribution >= 4 is 10.0 Å². The van der Waals surface area contributed by atoms with E-state index in [1.807, 2.05) is 0 Å². The molecule has 0 spiro atoms. The van der Waals surface area contributed by atoms with Crippen molar-refractivity contribution in [3.05, 3.63) is 29.8 Å². The summed E-state index contributed by atoms with van der Waals surface area (Å²) in [6, 6.07) is 6.80. The molecule has 0 aromatic heterocycles. The Morgan fingerprint density at radius 1 is 1.05 bits per heavy atom. The van der Waals surface area contributed by atoms with E-state index in [2.05, 4.69) is 0 Å². The van der Waals surface area contributed by atoms with Crippen LogP contribution in [-0.2, 0) is 16.6 Å². The van der Waals surface area contributed by atoms with Gasteiger partial charge in [0.15, 0.2) is 0 Å². The van der Waals surface area contributed by atoms with Crippen LogP contribution in [0.1, 0.15) is 44.1 Å². The minimum absolute atomic E-state index is 0.0608. The Kier molecular flexibility index (Phi) is 4.33. The highest BCUT2D eigenvalue weighted by Crippen LogP contribution is 2.38. The van der Waals surface area contributed by atoms with E-state index in [0.29, 0.717) is 17.4 Å². The van der Waals surface area contributed by atoms with Gasteiger partial charge in [-0.1, -0.05) is 25.0 Å². The Morgan fingerprint density at radius 2 is 1.71 bits per heavy atom. The first-order valence-electron chi connectivity index (χ1n) is 7.84. The van der Waals surface area contributed by atoms with Crippen molar-refractivity contribution in [3.8, 4) is 0 Å². The van der Waals surface area contributed by atoms with E-state index in [1.54, 1.807) is 28.6 Å². The molecule has 0 bridgehead atoms. The summed E-state index contributed by atoms with van der Waals surface area (Å²) >= 11 is 0. The van der Waals surface area contributed by atoms with Crippen molar-refractivity contribution in [1.29, 1.82) is 0 Å². The Morgan fingerprint density at radius 3 is 2.33 bits per heavy atom. The highest BCUT2D eigenvalue weighted by atomic mass is 32.2. The molecule has 1 saturated heterocycles. The van der Waals surface area contributed by atoms with E-state index >= 15 is 0 Å². The summed E-state index contributed by atoms with van der Waals surface area (Å²) in [5.74, 6) is 0.541. The monoisotopic (exact) mass is 309 g/mol. The smallest absolute Gasteiger partial charge is 0.243 e. The van der Waals surface area contributed by atoms with Gasteiger partial charge in [-0.3, -0.25) is 0 Å². The quantitative estimate of drug-likeness (QED) is 0.930. The minimum atomic E-state index is -3.40. The summed E-state index contributed by atoms with van der Waals surface area (Å²) in [7, 11) is -3.40.